The number of nitro groups is 1. The standard InChI is InChI=1S/C12H11BrN4O3/c1-2-16-11(8(13)7-14-16)12(18)15-9-5-3-4-6-10(9)17(19)20/h3-7H,2H2,1H3,(H,15,18). The van der Waals surface area contributed by atoms with Gasteiger partial charge in [0.15, 0.2) is 0 Å². The van der Waals surface area contributed by atoms with Crippen molar-refractivity contribution < 1.29 is 9.72 Å². The highest BCUT2D eigenvalue weighted by Gasteiger charge is 2.20. The number of halogens is 1. The van der Waals surface area contributed by atoms with Crippen molar-refractivity contribution in [1.82, 2.24) is 9.78 Å². The average Bonchev–Trinajstić information content (AvgIpc) is 2.80. The van der Waals surface area contributed by atoms with E-state index in [1.807, 2.05) is 6.92 Å². The molecule has 0 radical (unpaired) electrons. The first kappa shape index (κ1) is 14.2. The molecule has 0 aliphatic carbocycles. The Balaban J connectivity index is 2.33. The lowest BCUT2D eigenvalue weighted by atomic mass is 10.2. The maximum absolute atomic E-state index is 12.2. The molecule has 20 heavy (non-hydrogen) atoms. The Kier molecular flexibility index (Phi) is 4.14. The van der Waals surface area contributed by atoms with E-state index >= 15 is 0 Å². The molecule has 1 amide bonds. The first-order valence-electron chi connectivity index (χ1n) is 5.80. The van der Waals surface area contributed by atoms with Gasteiger partial charge < -0.3 is 5.32 Å². The number of nitro benzene ring substituents is 1. The topological polar surface area (TPSA) is 90.1 Å². The Morgan fingerprint density at radius 1 is 1.50 bits per heavy atom. The van der Waals surface area contributed by atoms with Crippen LogP contribution in [-0.2, 0) is 6.54 Å². The Morgan fingerprint density at radius 3 is 2.85 bits per heavy atom. The van der Waals surface area contributed by atoms with Crippen molar-refractivity contribution in [2.45, 2.75) is 13.5 Å². The zero-order valence-corrected chi connectivity index (χ0v) is 12.1. The Labute approximate surface area is 122 Å². The van der Waals surface area contributed by atoms with E-state index in [1.165, 1.54) is 23.0 Å². The zero-order valence-electron chi connectivity index (χ0n) is 10.5. The molecular formula is C12H11BrN4O3. The monoisotopic (exact) mass is 338 g/mol. The number of carbonyl (C=O) groups is 1. The number of anilines is 1. The van der Waals surface area contributed by atoms with Crippen LogP contribution < -0.4 is 5.32 Å². The number of nitrogens with zero attached hydrogens (tertiary/aromatic N) is 3. The molecule has 2 rings (SSSR count). The van der Waals surface area contributed by atoms with E-state index in [1.54, 1.807) is 12.1 Å². The van der Waals surface area contributed by atoms with E-state index in [0.717, 1.165) is 0 Å². The predicted octanol–water partition coefficient (Wildman–Crippen LogP) is 2.83. The van der Waals surface area contributed by atoms with Crippen LogP contribution in [-0.4, -0.2) is 20.6 Å². The summed E-state index contributed by atoms with van der Waals surface area (Å²) in [4.78, 5) is 22.6. The smallest absolute Gasteiger partial charge is 0.292 e. The molecule has 1 aromatic carbocycles. The molecule has 1 N–H and O–H groups in total. The van der Waals surface area contributed by atoms with Crippen LogP contribution in [0.5, 0.6) is 0 Å². The lowest BCUT2D eigenvalue weighted by molar-refractivity contribution is -0.383. The fourth-order valence-electron chi connectivity index (χ4n) is 1.75. The number of benzene rings is 1. The second kappa shape index (κ2) is 5.83. The van der Waals surface area contributed by atoms with Crippen LogP contribution in [0.1, 0.15) is 17.4 Å². The van der Waals surface area contributed by atoms with Gasteiger partial charge in [-0.1, -0.05) is 12.1 Å². The summed E-state index contributed by atoms with van der Waals surface area (Å²) in [6, 6.07) is 5.98. The molecular weight excluding hydrogens is 328 g/mol. The van der Waals surface area contributed by atoms with Gasteiger partial charge in [0.1, 0.15) is 11.4 Å². The van der Waals surface area contributed by atoms with Crippen LogP contribution >= 0.6 is 15.9 Å². The third kappa shape index (κ3) is 2.69. The first-order chi connectivity index (χ1) is 9.54. The number of hydrogen-bond acceptors (Lipinski definition) is 4. The van der Waals surface area contributed by atoms with Crippen LogP contribution in [0.4, 0.5) is 11.4 Å². The molecule has 2 aromatic rings. The van der Waals surface area contributed by atoms with Crippen LogP contribution in [0.25, 0.3) is 0 Å². The van der Waals surface area contributed by atoms with E-state index in [4.69, 9.17) is 0 Å². The number of aryl methyl sites for hydroxylation is 1. The van der Waals surface area contributed by atoms with Gasteiger partial charge in [-0.25, -0.2) is 0 Å². The normalized spacial score (nSPS) is 10.3. The van der Waals surface area contributed by atoms with Gasteiger partial charge in [0.05, 0.1) is 15.6 Å². The van der Waals surface area contributed by atoms with Gasteiger partial charge in [0.25, 0.3) is 11.6 Å². The highest BCUT2D eigenvalue weighted by Crippen LogP contribution is 2.25. The largest absolute Gasteiger partial charge is 0.315 e. The number of hydrogen-bond donors (Lipinski definition) is 1. The molecule has 104 valence electrons. The van der Waals surface area contributed by atoms with Crippen molar-refractivity contribution in [2.24, 2.45) is 0 Å². The quantitative estimate of drug-likeness (QED) is 0.685. The van der Waals surface area contributed by atoms with Crippen LogP contribution in [0.3, 0.4) is 0 Å². The molecule has 0 fully saturated rings. The van der Waals surface area contributed by atoms with Gasteiger partial charge in [-0.3, -0.25) is 19.6 Å². The molecule has 0 saturated heterocycles. The van der Waals surface area contributed by atoms with Crippen molar-refractivity contribution in [3.8, 4) is 0 Å². The number of carbonyl (C=O) groups excluding carboxylic acids is 1. The van der Waals surface area contributed by atoms with Crippen molar-refractivity contribution in [3.05, 3.63) is 50.7 Å². The van der Waals surface area contributed by atoms with E-state index < -0.39 is 10.8 Å². The number of amides is 1. The first-order valence-corrected chi connectivity index (χ1v) is 6.60. The maximum Gasteiger partial charge on any atom is 0.292 e. The van der Waals surface area contributed by atoms with Gasteiger partial charge >= 0.3 is 0 Å². The second-order valence-electron chi connectivity index (χ2n) is 3.89. The third-order valence-corrected chi connectivity index (χ3v) is 3.24. The van der Waals surface area contributed by atoms with Crippen molar-refractivity contribution in [2.75, 3.05) is 5.32 Å². The molecule has 0 saturated carbocycles. The summed E-state index contributed by atoms with van der Waals surface area (Å²) in [5.74, 6) is -0.453. The number of rotatable bonds is 4. The van der Waals surface area contributed by atoms with E-state index in [0.29, 0.717) is 16.7 Å². The predicted molar refractivity (Wildman–Crippen MR) is 76.7 cm³/mol. The molecule has 7 nitrogen and oxygen atoms in total. The maximum atomic E-state index is 12.2. The van der Waals surface area contributed by atoms with Crippen LogP contribution in [0, 0.1) is 10.1 Å². The van der Waals surface area contributed by atoms with Gasteiger partial charge in [0.2, 0.25) is 0 Å². The average molecular weight is 339 g/mol. The van der Waals surface area contributed by atoms with Crippen LogP contribution in [0.2, 0.25) is 0 Å². The molecule has 0 atom stereocenters. The minimum atomic E-state index is -0.540. The molecule has 1 heterocycles. The van der Waals surface area contributed by atoms with Gasteiger partial charge in [0, 0.05) is 12.6 Å². The van der Waals surface area contributed by atoms with Crippen molar-refractivity contribution in [1.29, 1.82) is 0 Å². The van der Waals surface area contributed by atoms with Gasteiger partial charge in [-0.2, -0.15) is 5.10 Å². The summed E-state index contributed by atoms with van der Waals surface area (Å²) in [6.45, 7) is 2.37. The molecule has 0 bridgehead atoms. The summed E-state index contributed by atoms with van der Waals surface area (Å²) in [7, 11) is 0. The summed E-state index contributed by atoms with van der Waals surface area (Å²) < 4.78 is 2.05. The lowest BCUT2D eigenvalue weighted by Crippen LogP contribution is -2.18. The highest BCUT2D eigenvalue weighted by molar-refractivity contribution is 9.10. The van der Waals surface area contributed by atoms with Gasteiger partial charge in [-0.05, 0) is 28.9 Å². The minimum Gasteiger partial charge on any atom is -0.315 e. The fourth-order valence-corrected chi connectivity index (χ4v) is 2.22. The molecule has 1 aromatic heterocycles. The van der Waals surface area contributed by atoms with E-state index in [2.05, 4.69) is 26.3 Å². The Hall–Kier alpha value is -2.22. The summed E-state index contributed by atoms with van der Waals surface area (Å²) in [5.41, 5.74) is 0.323. The highest BCUT2D eigenvalue weighted by atomic mass is 79.9. The number of nitrogens with one attached hydrogen (secondary N) is 1. The molecule has 8 heteroatoms. The zero-order chi connectivity index (χ0) is 14.7. The summed E-state index contributed by atoms with van der Waals surface area (Å²) in [6.07, 6.45) is 1.51. The van der Waals surface area contributed by atoms with Crippen LogP contribution in [0.15, 0.2) is 34.9 Å². The number of para-hydroxylation sites is 2. The van der Waals surface area contributed by atoms with Crippen molar-refractivity contribution >= 4 is 33.2 Å². The third-order valence-electron chi connectivity index (χ3n) is 2.66. The Bertz CT molecular complexity index is 668. The van der Waals surface area contributed by atoms with E-state index in [9.17, 15) is 14.9 Å². The molecule has 0 spiro atoms. The van der Waals surface area contributed by atoms with E-state index in [-0.39, 0.29) is 11.4 Å². The molecule has 0 unspecified atom stereocenters. The molecule has 0 aliphatic heterocycles. The minimum absolute atomic E-state index is 0.151. The van der Waals surface area contributed by atoms with Crippen molar-refractivity contribution in [3.63, 3.8) is 0 Å². The summed E-state index contributed by atoms with van der Waals surface area (Å²) in [5, 5.41) is 17.5. The summed E-state index contributed by atoms with van der Waals surface area (Å²) >= 11 is 3.24. The molecule has 0 aliphatic rings. The van der Waals surface area contributed by atoms with Gasteiger partial charge in [-0.15, -0.1) is 0 Å². The Morgan fingerprint density at radius 2 is 2.20 bits per heavy atom. The lowest BCUT2D eigenvalue weighted by Gasteiger charge is -2.07. The SMILES string of the molecule is CCn1ncc(Br)c1C(=O)Nc1ccccc1[N+](=O)[O-]. The second-order valence-corrected chi connectivity index (χ2v) is 4.74. The fraction of sp³-hybridized carbons (Fsp3) is 0.167. The number of aromatic nitrogens is 2.